The third-order valence-corrected chi connectivity index (χ3v) is 4.59. The number of unbranched alkanes of at least 4 members (excludes halogenated alkanes) is 1. The first-order valence-corrected chi connectivity index (χ1v) is 11.5. The largest absolute Gasteiger partial charge is 0.480 e. The molecule has 12 heteroatoms. The molecule has 0 saturated heterocycles. The lowest BCUT2D eigenvalue weighted by molar-refractivity contribution is -0.142. The topological polar surface area (TPSA) is 203 Å². The van der Waals surface area contributed by atoms with Gasteiger partial charge in [-0.3, -0.25) is 14.4 Å². The molecule has 8 N–H and O–H groups in total. The number of aliphatic carboxylic acids is 1. The van der Waals surface area contributed by atoms with Gasteiger partial charge in [-0.15, -0.1) is 0 Å². The summed E-state index contributed by atoms with van der Waals surface area (Å²) < 4.78 is 5.17. The molecule has 12 nitrogen and oxygen atoms in total. The van der Waals surface area contributed by atoms with Crippen molar-refractivity contribution in [3.63, 3.8) is 0 Å². The minimum Gasteiger partial charge on any atom is -0.480 e. The Hall–Kier alpha value is -2.89. The van der Waals surface area contributed by atoms with Crippen LogP contribution in [0.4, 0.5) is 4.79 Å². The van der Waals surface area contributed by atoms with E-state index in [0.717, 1.165) is 0 Å². The van der Waals surface area contributed by atoms with E-state index in [0.29, 0.717) is 19.4 Å². The van der Waals surface area contributed by atoms with Crippen LogP contribution in [0.15, 0.2) is 0 Å². The zero-order chi connectivity index (χ0) is 26.5. The third kappa shape index (κ3) is 14.3. The first-order chi connectivity index (χ1) is 15.7. The molecular weight excluding hydrogens is 446 g/mol. The molecule has 0 bridgehead atoms. The summed E-state index contributed by atoms with van der Waals surface area (Å²) in [7, 11) is 0. The minimum absolute atomic E-state index is 0.0144. The van der Waals surface area contributed by atoms with E-state index in [2.05, 4.69) is 16.0 Å². The fourth-order valence-corrected chi connectivity index (χ4v) is 3.00. The minimum atomic E-state index is -1.19. The Labute approximate surface area is 200 Å². The normalized spacial score (nSPS) is 14.0. The lowest BCUT2D eigenvalue weighted by Crippen LogP contribution is -2.56. The third-order valence-electron chi connectivity index (χ3n) is 4.59. The molecule has 34 heavy (non-hydrogen) atoms. The molecule has 0 aliphatic carbocycles. The van der Waals surface area contributed by atoms with Crippen LogP contribution in [0.2, 0.25) is 0 Å². The van der Waals surface area contributed by atoms with Crippen LogP contribution >= 0.6 is 0 Å². The van der Waals surface area contributed by atoms with Crippen LogP contribution in [0.1, 0.15) is 73.1 Å². The Morgan fingerprint density at radius 1 is 0.882 bits per heavy atom. The number of ether oxygens (including phenoxy) is 1. The number of nitrogens with one attached hydrogen (secondary N) is 3. The summed E-state index contributed by atoms with van der Waals surface area (Å²) in [5, 5.41) is 16.9. The summed E-state index contributed by atoms with van der Waals surface area (Å²) >= 11 is 0. The fraction of sp³-hybridized carbons (Fsp3) is 0.773. The monoisotopic (exact) mass is 487 g/mol. The SMILES string of the molecule is CC(C)C[C@H](NC(=O)[C@H](CCC(N)=O)NC(=O)OC(C)(C)C)C(=O)N[C@@H](CCCCN)C(=O)O. The molecule has 0 aromatic carbocycles. The Bertz CT molecular complexity index is 706. The number of hydrogen-bond donors (Lipinski definition) is 6. The van der Waals surface area contributed by atoms with Crippen LogP contribution in [0.25, 0.3) is 0 Å². The Balaban J connectivity index is 5.48. The average molecular weight is 488 g/mol. The van der Waals surface area contributed by atoms with E-state index in [1.807, 2.05) is 13.8 Å². The van der Waals surface area contributed by atoms with Crippen LogP contribution in [0, 0.1) is 5.92 Å². The van der Waals surface area contributed by atoms with Gasteiger partial charge in [0.15, 0.2) is 0 Å². The summed E-state index contributed by atoms with van der Waals surface area (Å²) in [5.74, 6) is -3.25. The number of alkyl carbamates (subject to hydrolysis) is 1. The summed E-state index contributed by atoms with van der Waals surface area (Å²) in [5.41, 5.74) is 9.80. The number of primary amides is 1. The number of hydrogen-bond acceptors (Lipinski definition) is 7. The van der Waals surface area contributed by atoms with Gasteiger partial charge in [-0.1, -0.05) is 13.8 Å². The summed E-state index contributed by atoms with van der Waals surface area (Å²) in [6, 6.07) is -3.37. The Morgan fingerprint density at radius 2 is 1.44 bits per heavy atom. The standard InChI is InChI=1S/C22H41N5O7/c1-13(2)12-16(19(30)25-15(20(31)32)8-6-7-11-23)26-18(29)14(9-10-17(24)28)27-21(33)34-22(3,4)5/h13-16H,6-12,23H2,1-5H3,(H2,24,28)(H,25,30)(H,26,29)(H,27,33)(H,31,32)/t14-,15-,16-/m0/s1. The number of rotatable bonds is 15. The van der Waals surface area contributed by atoms with E-state index in [1.54, 1.807) is 20.8 Å². The first-order valence-electron chi connectivity index (χ1n) is 11.5. The van der Waals surface area contributed by atoms with Gasteiger partial charge in [0.05, 0.1) is 0 Å². The molecule has 0 saturated carbocycles. The van der Waals surface area contributed by atoms with Crippen molar-refractivity contribution in [3.05, 3.63) is 0 Å². The highest BCUT2D eigenvalue weighted by atomic mass is 16.6. The quantitative estimate of drug-likeness (QED) is 0.178. The highest BCUT2D eigenvalue weighted by Crippen LogP contribution is 2.10. The van der Waals surface area contributed by atoms with Crippen molar-refractivity contribution >= 4 is 29.8 Å². The average Bonchev–Trinajstić information content (AvgIpc) is 2.67. The number of carboxylic acids is 1. The molecule has 0 aliphatic heterocycles. The van der Waals surface area contributed by atoms with Crippen LogP contribution in [0.3, 0.4) is 0 Å². The number of amides is 4. The van der Waals surface area contributed by atoms with Gasteiger partial charge < -0.3 is 37.3 Å². The lowest BCUT2D eigenvalue weighted by Gasteiger charge is -2.26. The smallest absolute Gasteiger partial charge is 0.408 e. The molecule has 0 rings (SSSR count). The van der Waals surface area contributed by atoms with Gasteiger partial charge in [-0.05, 0) is 65.3 Å². The van der Waals surface area contributed by atoms with Gasteiger partial charge in [0.2, 0.25) is 17.7 Å². The lowest BCUT2D eigenvalue weighted by atomic mass is 10.0. The first kappa shape index (κ1) is 31.1. The van der Waals surface area contributed by atoms with Gasteiger partial charge in [0, 0.05) is 6.42 Å². The van der Waals surface area contributed by atoms with Crippen LogP contribution in [-0.4, -0.2) is 65.2 Å². The molecule has 0 aromatic heterocycles. The number of carbonyl (C=O) groups is 5. The molecule has 4 amide bonds. The second-order valence-corrected chi connectivity index (χ2v) is 9.58. The molecule has 0 aliphatic rings. The second kappa shape index (κ2) is 15.1. The van der Waals surface area contributed by atoms with Gasteiger partial charge in [-0.2, -0.15) is 0 Å². The maximum atomic E-state index is 12.9. The zero-order valence-corrected chi connectivity index (χ0v) is 20.8. The summed E-state index contributed by atoms with van der Waals surface area (Å²) in [4.78, 5) is 60.8. The molecule has 196 valence electrons. The van der Waals surface area contributed by atoms with Crippen molar-refractivity contribution in [1.82, 2.24) is 16.0 Å². The molecule has 0 aromatic rings. The van der Waals surface area contributed by atoms with Crippen molar-refractivity contribution in [2.75, 3.05) is 6.54 Å². The van der Waals surface area contributed by atoms with Gasteiger partial charge >= 0.3 is 12.1 Å². The number of carboxylic acid groups (broad SMARTS) is 1. The van der Waals surface area contributed by atoms with E-state index in [9.17, 15) is 29.1 Å². The molecule has 0 unspecified atom stereocenters. The number of nitrogens with two attached hydrogens (primary N) is 2. The molecule has 0 fully saturated rings. The highest BCUT2D eigenvalue weighted by molar-refractivity contribution is 5.93. The summed E-state index contributed by atoms with van der Waals surface area (Å²) in [6.45, 7) is 9.04. The van der Waals surface area contributed by atoms with Crippen molar-refractivity contribution in [3.8, 4) is 0 Å². The van der Waals surface area contributed by atoms with Crippen LogP contribution in [0.5, 0.6) is 0 Å². The highest BCUT2D eigenvalue weighted by Gasteiger charge is 2.31. The van der Waals surface area contributed by atoms with Crippen LogP contribution < -0.4 is 27.4 Å². The summed E-state index contributed by atoms with van der Waals surface area (Å²) in [6.07, 6.45) is 0.398. The van der Waals surface area contributed by atoms with E-state index < -0.39 is 53.5 Å². The second-order valence-electron chi connectivity index (χ2n) is 9.58. The maximum Gasteiger partial charge on any atom is 0.408 e. The van der Waals surface area contributed by atoms with Crippen molar-refractivity contribution < 1.29 is 33.8 Å². The van der Waals surface area contributed by atoms with Crippen LogP contribution in [-0.2, 0) is 23.9 Å². The molecule has 0 heterocycles. The van der Waals surface area contributed by atoms with E-state index in [4.69, 9.17) is 16.2 Å². The van der Waals surface area contributed by atoms with Gasteiger partial charge in [0.1, 0.15) is 23.7 Å². The van der Waals surface area contributed by atoms with Crippen molar-refractivity contribution in [2.24, 2.45) is 17.4 Å². The van der Waals surface area contributed by atoms with Gasteiger partial charge in [-0.25, -0.2) is 9.59 Å². The Morgan fingerprint density at radius 3 is 1.91 bits per heavy atom. The molecule has 3 atom stereocenters. The molecule has 0 radical (unpaired) electrons. The van der Waals surface area contributed by atoms with E-state index in [1.165, 1.54) is 0 Å². The van der Waals surface area contributed by atoms with Crippen molar-refractivity contribution in [1.29, 1.82) is 0 Å². The van der Waals surface area contributed by atoms with Gasteiger partial charge in [0.25, 0.3) is 0 Å². The fourth-order valence-electron chi connectivity index (χ4n) is 3.00. The van der Waals surface area contributed by atoms with E-state index >= 15 is 0 Å². The molecule has 0 spiro atoms. The number of carbonyl (C=O) groups excluding carboxylic acids is 4. The molecular formula is C22H41N5O7. The zero-order valence-electron chi connectivity index (χ0n) is 20.8. The Kier molecular flexibility index (Phi) is 13.8. The van der Waals surface area contributed by atoms with E-state index in [-0.39, 0.29) is 31.6 Å². The predicted molar refractivity (Wildman–Crippen MR) is 125 cm³/mol. The predicted octanol–water partition coefficient (Wildman–Crippen LogP) is 0.375. The maximum absolute atomic E-state index is 12.9. The van der Waals surface area contributed by atoms with Crippen molar-refractivity contribution in [2.45, 2.75) is 96.9 Å².